The van der Waals surface area contributed by atoms with E-state index in [0.717, 1.165) is 98.3 Å². The Kier molecular flexibility index (Phi) is 8.20. The number of nitrogens with zero attached hydrogens (tertiary/aromatic N) is 4. The summed E-state index contributed by atoms with van der Waals surface area (Å²) in [5.74, 6) is 0. The number of para-hydroxylation sites is 7. The van der Waals surface area contributed by atoms with Gasteiger partial charge in [0.1, 0.15) is 0 Å². The summed E-state index contributed by atoms with van der Waals surface area (Å²) < 4.78 is 156. The molecule has 0 N–H and O–H groups in total. The van der Waals surface area contributed by atoms with E-state index in [4.69, 9.17) is 5.48 Å². The largest absolute Gasteiger partial charge is 0.310 e. The van der Waals surface area contributed by atoms with Gasteiger partial charge >= 0.3 is 0 Å². The molecule has 0 saturated carbocycles. The van der Waals surface area contributed by atoms with Crippen molar-refractivity contribution >= 4 is 134 Å². The smallest absolute Gasteiger partial charge is 0.246 e. The maximum atomic E-state index is 9.79. The molecule has 17 aromatic rings. The predicted molar refractivity (Wildman–Crippen MR) is 383 cm³/mol. The Morgan fingerprint density at radius 3 is 1.20 bits per heavy atom. The van der Waals surface area contributed by atoms with Crippen LogP contribution in [-0.2, 0) is 0 Å². The molecule has 0 bridgehead atoms. The van der Waals surface area contributed by atoms with Gasteiger partial charge in [-0.3, -0.25) is 0 Å². The van der Waals surface area contributed by atoms with Crippen molar-refractivity contribution in [1.29, 1.82) is 0 Å². The molecule has 0 aliphatic carbocycles. The summed E-state index contributed by atoms with van der Waals surface area (Å²) in [7, 11) is -4.05. The lowest BCUT2D eigenvalue weighted by Gasteiger charge is -2.48. The van der Waals surface area contributed by atoms with E-state index in [-0.39, 0.29) is 43.6 Å². The van der Waals surface area contributed by atoms with E-state index in [2.05, 4.69) is 125 Å². The molecule has 2 aliphatic heterocycles. The molecule has 4 nitrogen and oxygen atoms in total. The first-order valence-electron chi connectivity index (χ1n) is 38.0. The van der Waals surface area contributed by atoms with Gasteiger partial charge in [0.15, 0.2) is 8.07 Å². The van der Waals surface area contributed by atoms with E-state index in [1.165, 1.54) is 0 Å². The summed E-state index contributed by atoms with van der Waals surface area (Å²) >= 11 is 0. The van der Waals surface area contributed by atoms with E-state index >= 15 is 0 Å². The highest BCUT2D eigenvalue weighted by Crippen LogP contribution is 2.49. The highest BCUT2D eigenvalue weighted by atomic mass is 28.3. The fraction of sp³-hybridized carbons (Fsp3) is 0. The van der Waals surface area contributed by atoms with E-state index in [0.29, 0.717) is 17.1 Å². The number of hydrogen-bond donors (Lipinski definition) is 0. The van der Waals surface area contributed by atoms with Crippen LogP contribution in [0, 0.1) is 0 Å². The monoisotopic (exact) mass is 1170 g/mol. The van der Waals surface area contributed by atoms with Gasteiger partial charge in [-0.2, -0.15) is 0 Å². The molecule has 0 radical (unpaired) electrons. The Balaban J connectivity index is 1.05. The maximum Gasteiger partial charge on any atom is 0.246 e. The van der Waals surface area contributed by atoms with Crippen LogP contribution in [0.2, 0.25) is 0 Å². The lowest BCUT2D eigenvalue weighted by molar-refractivity contribution is 1.16. The fourth-order valence-corrected chi connectivity index (χ4v) is 20.4. The summed E-state index contributed by atoms with van der Waals surface area (Å²) in [4.78, 5) is 2.34. The van der Waals surface area contributed by atoms with Gasteiger partial charge in [-0.05, 0) is 116 Å². The van der Waals surface area contributed by atoms with Crippen LogP contribution < -0.4 is 42.0 Å². The third-order valence-corrected chi connectivity index (χ3v) is 23.5. The minimum Gasteiger partial charge on any atom is -0.310 e. The van der Waals surface area contributed by atoms with Gasteiger partial charge in [0.05, 0.1) is 60.7 Å². The van der Waals surface area contributed by atoms with Crippen LogP contribution in [0.1, 0.15) is 21.9 Å². The zero-order chi connectivity index (χ0) is 72.9. The first kappa shape index (κ1) is 37.3. The first-order valence-corrected chi connectivity index (χ1v) is 32.0. The molecule has 0 unspecified atom stereocenters. The number of rotatable bonds is 8. The number of anilines is 3. The molecule has 418 valence electrons. The molecule has 6 heteroatoms. The topological polar surface area (TPSA) is 18.0 Å². The highest BCUT2D eigenvalue weighted by molar-refractivity contribution is 7.26. The summed E-state index contributed by atoms with van der Waals surface area (Å²) in [6.07, 6.45) is 0. The maximum absolute atomic E-state index is 9.79. The summed E-state index contributed by atoms with van der Waals surface area (Å²) in [5, 5.41) is 5.59. The van der Waals surface area contributed by atoms with E-state index < -0.39 is 111 Å². The third kappa shape index (κ3) is 7.19. The van der Waals surface area contributed by atoms with Crippen molar-refractivity contribution < 1.29 is 21.9 Å². The van der Waals surface area contributed by atoms with Crippen molar-refractivity contribution in [2.24, 2.45) is 0 Å². The zero-order valence-electron chi connectivity index (χ0n) is 63.9. The average Bonchev–Trinajstić information content (AvgIpc) is 0.702. The molecular formula is C84H55BN4Si. The molecule has 2 aliphatic rings. The van der Waals surface area contributed by atoms with Crippen LogP contribution >= 0.6 is 0 Å². The SMILES string of the molecule is [2H]c1c([2H])c([2H])c2c(c1[2H])c1c([2H])c([2H])c([2H])c([2H])c1n2-c1ccc2c(c1)N(c1c(-c3ccccc3)cccc1-c1ccccc1)c1cc(-n3c4ccccc4c4ccccc43)cc3c1B2c1ccc(-n2c4c([2H])c([2H])c([2H])c([2H])c4c4c([2H])c([2H])c([2H])c([2H])c42)cc1[Si]3(c1ccccc1)c1ccccc1. The first-order chi connectivity index (χ1) is 51.3. The summed E-state index contributed by atoms with van der Waals surface area (Å²) in [6, 6.07) is 72.8. The van der Waals surface area contributed by atoms with Crippen LogP contribution in [0.5, 0.6) is 0 Å². The predicted octanol–water partition coefficient (Wildman–Crippen LogP) is 16.3. The van der Waals surface area contributed by atoms with Crippen LogP contribution in [0.25, 0.3) is 105 Å². The van der Waals surface area contributed by atoms with Gasteiger partial charge in [0.2, 0.25) is 6.71 Å². The van der Waals surface area contributed by atoms with E-state index in [1.54, 1.807) is 9.13 Å². The normalized spacial score (nSPS) is 15.6. The molecule has 3 aromatic heterocycles. The second kappa shape index (κ2) is 19.8. The fourth-order valence-electron chi connectivity index (χ4n) is 15.1. The van der Waals surface area contributed by atoms with E-state index in [1.807, 2.05) is 121 Å². The minimum absolute atomic E-state index is 0.0240. The van der Waals surface area contributed by atoms with Crippen molar-refractivity contribution in [3.8, 4) is 39.3 Å². The van der Waals surface area contributed by atoms with Crippen molar-refractivity contribution in [3.05, 3.63) is 333 Å². The molecule has 5 heterocycles. The lowest BCUT2D eigenvalue weighted by Crippen LogP contribution is -2.87. The van der Waals surface area contributed by atoms with Gasteiger partial charge in [-0.25, -0.2) is 0 Å². The molecule has 0 atom stereocenters. The lowest BCUT2D eigenvalue weighted by atomic mass is 9.34. The molecule has 0 amide bonds. The van der Waals surface area contributed by atoms with Gasteiger partial charge < -0.3 is 18.6 Å². The molecule has 90 heavy (non-hydrogen) atoms. The number of hydrogen-bond acceptors (Lipinski definition) is 1. The number of benzene rings is 14. The molecule has 19 rings (SSSR count). The Morgan fingerprint density at radius 1 is 0.300 bits per heavy atom. The van der Waals surface area contributed by atoms with Gasteiger partial charge in [-0.1, -0.05) is 266 Å². The van der Waals surface area contributed by atoms with Crippen LogP contribution in [0.3, 0.4) is 0 Å². The Labute approximate surface area is 545 Å². The molecule has 0 fully saturated rings. The van der Waals surface area contributed by atoms with Crippen molar-refractivity contribution in [3.63, 3.8) is 0 Å². The quantitative estimate of drug-likeness (QED) is 0.139. The van der Waals surface area contributed by atoms with Gasteiger partial charge in [0, 0.05) is 71.9 Å². The van der Waals surface area contributed by atoms with Crippen molar-refractivity contribution in [2.45, 2.75) is 0 Å². The molecular weight excluding hydrogens is 1100 g/mol. The summed E-state index contributed by atoms with van der Waals surface area (Å²) in [5.41, 5.74) is 11.4. The Bertz CT molecular complexity index is 6440. The van der Waals surface area contributed by atoms with Crippen molar-refractivity contribution in [2.75, 3.05) is 4.90 Å². The highest BCUT2D eigenvalue weighted by Gasteiger charge is 2.54. The van der Waals surface area contributed by atoms with Gasteiger partial charge in [0.25, 0.3) is 0 Å². The van der Waals surface area contributed by atoms with Crippen LogP contribution in [0.4, 0.5) is 17.1 Å². The van der Waals surface area contributed by atoms with Gasteiger partial charge in [-0.15, -0.1) is 0 Å². The zero-order valence-corrected chi connectivity index (χ0v) is 48.9. The minimum atomic E-state index is -4.05. The molecule has 14 aromatic carbocycles. The second-order valence-electron chi connectivity index (χ2n) is 23.1. The second-order valence-corrected chi connectivity index (χ2v) is 26.8. The summed E-state index contributed by atoms with van der Waals surface area (Å²) in [6.45, 7) is -0.709. The number of aromatic nitrogens is 3. The molecule has 0 saturated heterocycles. The Hall–Kier alpha value is -11.4. The van der Waals surface area contributed by atoms with Crippen molar-refractivity contribution in [1.82, 2.24) is 13.7 Å². The number of fused-ring (bicyclic) bond motifs is 13. The molecule has 0 spiro atoms. The standard InChI is InChI=1S/C84H55BN4Si/c1-5-26-56(27-6-1)63-40-25-41-64(57-28-7-2-8-29-57)84(63)89-79-52-58(86-73-42-19-13-34-65(73)66-35-14-20-43-74(66)86)48-50-71(79)85-72-51-49-59(87-75-44-21-15-36-67(75)68-37-16-22-45-76(68)87)54-81(72)90(61-30-9-3-10-31-61,62-32-11-4-12-33-62)82-55-60(53-80(89)83(82)85)88-77-46-23-17-38-69(77)70-39-18-24-47-78(70)88/h1-55H/i13D,14D,15D,16D,19D,20D,21D,22D,34D,35D,36D,37D,42D,43D,44D,45D. The van der Waals surface area contributed by atoms with Crippen LogP contribution in [0.15, 0.2) is 333 Å². The Morgan fingerprint density at radius 2 is 0.700 bits per heavy atom. The third-order valence-electron chi connectivity index (χ3n) is 18.7. The average molecular weight is 1180 g/mol. The van der Waals surface area contributed by atoms with E-state index in [9.17, 15) is 16.4 Å². The van der Waals surface area contributed by atoms with Crippen LogP contribution in [-0.4, -0.2) is 28.5 Å².